The van der Waals surface area contributed by atoms with Gasteiger partial charge in [0.05, 0.1) is 22.3 Å². The van der Waals surface area contributed by atoms with Crippen LogP contribution in [0.2, 0.25) is 0 Å². The molecule has 2 rings (SSSR count). The van der Waals surface area contributed by atoms with Gasteiger partial charge in [0.15, 0.2) is 5.82 Å². The summed E-state index contributed by atoms with van der Waals surface area (Å²) in [5.74, 6) is -0.624. The number of halogens is 2. The standard InChI is InChI=1S/C14H19BrFN3O/c1-19(9-4-2-3-5-11(9)20)10-7-6-8(14(17)18)12(15)13(10)16/h6-7,9,11,20H,2-5H2,1H3,(H3,17,18). The van der Waals surface area contributed by atoms with Crippen LogP contribution in [0.3, 0.4) is 0 Å². The molecule has 0 heterocycles. The topological polar surface area (TPSA) is 73.3 Å². The second-order valence-electron chi connectivity index (χ2n) is 5.20. The molecular formula is C14H19BrFN3O. The molecule has 4 nitrogen and oxygen atoms in total. The first-order valence-electron chi connectivity index (χ1n) is 6.66. The summed E-state index contributed by atoms with van der Waals surface area (Å²) in [5.41, 5.74) is 6.15. The van der Waals surface area contributed by atoms with Crippen LogP contribution < -0.4 is 10.6 Å². The summed E-state index contributed by atoms with van der Waals surface area (Å²) in [6.07, 6.45) is 3.23. The molecule has 0 saturated heterocycles. The SMILES string of the molecule is CN(c1ccc(C(=N)N)c(Br)c1F)C1CCCCC1O. The summed E-state index contributed by atoms with van der Waals surface area (Å²) in [4.78, 5) is 1.79. The van der Waals surface area contributed by atoms with E-state index in [1.807, 2.05) is 0 Å². The van der Waals surface area contributed by atoms with Crippen LogP contribution in [0, 0.1) is 11.2 Å². The summed E-state index contributed by atoms with van der Waals surface area (Å²) in [6.45, 7) is 0. The molecule has 2 atom stereocenters. The number of aliphatic hydroxyl groups excluding tert-OH is 1. The Morgan fingerprint density at radius 2 is 2.10 bits per heavy atom. The van der Waals surface area contributed by atoms with Gasteiger partial charge in [0.2, 0.25) is 0 Å². The van der Waals surface area contributed by atoms with E-state index in [-0.39, 0.29) is 16.4 Å². The maximum absolute atomic E-state index is 14.4. The van der Waals surface area contributed by atoms with Gasteiger partial charge in [-0.3, -0.25) is 5.41 Å². The highest BCUT2D eigenvalue weighted by atomic mass is 79.9. The molecule has 1 aliphatic carbocycles. The largest absolute Gasteiger partial charge is 0.391 e. The van der Waals surface area contributed by atoms with Gasteiger partial charge >= 0.3 is 0 Å². The minimum atomic E-state index is -0.446. The van der Waals surface area contributed by atoms with Crippen molar-refractivity contribution in [2.75, 3.05) is 11.9 Å². The molecule has 0 bridgehead atoms. The van der Waals surface area contributed by atoms with Crippen molar-refractivity contribution < 1.29 is 9.50 Å². The van der Waals surface area contributed by atoms with E-state index in [0.29, 0.717) is 11.3 Å². The summed E-state index contributed by atoms with van der Waals surface area (Å²) < 4.78 is 14.6. The van der Waals surface area contributed by atoms with E-state index >= 15 is 0 Å². The Bertz CT molecular complexity index is 523. The van der Waals surface area contributed by atoms with Gasteiger partial charge < -0.3 is 15.7 Å². The van der Waals surface area contributed by atoms with Crippen molar-refractivity contribution in [3.63, 3.8) is 0 Å². The number of nitrogens with one attached hydrogen (secondary N) is 1. The van der Waals surface area contributed by atoms with Crippen molar-refractivity contribution in [3.05, 3.63) is 28.0 Å². The van der Waals surface area contributed by atoms with Crippen LogP contribution in [-0.2, 0) is 0 Å². The van der Waals surface area contributed by atoms with E-state index in [2.05, 4.69) is 15.9 Å². The molecule has 0 radical (unpaired) electrons. The Balaban J connectivity index is 2.33. The molecule has 1 saturated carbocycles. The third-order valence-electron chi connectivity index (χ3n) is 3.92. The molecule has 2 unspecified atom stereocenters. The molecule has 1 aliphatic rings. The van der Waals surface area contributed by atoms with Crippen LogP contribution in [0.5, 0.6) is 0 Å². The highest BCUT2D eigenvalue weighted by Gasteiger charge is 2.28. The lowest BCUT2D eigenvalue weighted by atomic mass is 9.91. The normalized spacial score (nSPS) is 22.6. The molecule has 0 spiro atoms. The van der Waals surface area contributed by atoms with Gasteiger partial charge in [-0.2, -0.15) is 0 Å². The summed E-state index contributed by atoms with van der Waals surface area (Å²) in [5, 5.41) is 17.5. The van der Waals surface area contributed by atoms with Crippen molar-refractivity contribution >= 4 is 27.5 Å². The van der Waals surface area contributed by atoms with Crippen molar-refractivity contribution in [2.24, 2.45) is 5.73 Å². The van der Waals surface area contributed by atoms with E-state index in [9.17, 15) is 9.50 Å². The Morgan fingerprint density at radius 1 is 1.45 bits per heavy atom. The van der Waals surface area contributed by atoms with Gasteiger partial charge in [0, 0.05) is 12.6 Å². The van der Waals surface area contributed by atoms with Gasteiger partial charge in [-0.05, 0) is 40.9 Å². The van der Waals surface area contributed by atoms with Gasteiger partial charge in [-0.25, -0.2) is 4.39 Å². The number of benzene rings is 1. The zero-order chi connectivity index (χ0) is 14.9. The van der Waals surface area contributed by atoms with E-state index in [1.54, 1.807) is 24.1 Å². The van der Waals surface area contributed by atoms with Gasteiger partial charge in [-0.15, -0.1) is 0 Å². The Labute approximate surface area is 126 Å². The number of hydrogen-bond donors (Lipinski definition) is 3. The number of rotatable bonds is 3. The smallest absolute Gasteiger partial charge is 0.161 e. The second-order valence-corrected chi connectivity index (χ2v) is 6.00. The third-order valence-corrected chi connectivity index (χ3v) is 4.70. The highest BCUT2D eigenvalue weighted by Crippen LogP contribution is 2.32. The first-order valence-corrected chi connectivity index (χ1v) is 7.46. The minimum Gasteiger partial charge on any atom is -0.391 e. The fraction of sp³-hybridized carbons (Fsp3) is 0.500. The number of hydrogen-bond acceptors (Lipinski definition) is 3. The number of amidine groups is 1. The fourth-order valence-electron chi connectivity index (χ4n) is 2.74. The number of nitrogens with zero attached hydrogens (tertiary/aromatic N) is 1. The second kappa shape index (κ2) is 6.10. The minimum absolute atomic E-state index is 0.0756. The molecule has 4 N–H and O–H groups in total. The number of aliphatic hydroxyl groups is 1. The Hall–Kier alpha value is -1.14. The Morgan fingerprint density at radius 3 is 2.70 bits per heavy atom. The van der Waals surface area contributed by atoms with E-state index in [4.69, 9.17) is 11.1 Å². The van der Waals surface area contributed by atoms with Gasteiger partial charge in [-0.1, -0.05) is 12.8 Å². The maximum Gasteiger partial charge on any atom is 0.161 e. The van der Waals surface area contributed by atoms with Crippen molar-refractivity contribution in [1.82, 2.24) is 0 Å². The lowest BCUT2D eigenvalue weighted by molar-refractivity contribution is 0.106. The molecule has 1 aromatic rings. The quantitative estimate of drug-likeness (QED) is 0.583. The molecule has 110 valence electrons. The molecule has 0 aromatic heterocycles. The molecule has 6 heteroatoms. The zero-order valence-corrected chi connectivity index (χ0v) is 13.0. The summed E-state index contributed by atoms with van der Waals surface area (Å²) in [6, 6.07) is 3.16. The predicted octanol–water partition coefficient (Wildman–Crippen LogP) is 2.61. The van der Waals surface area contributed by atoms with Crippen molar-refractivity contribution in [3.8, 4) is 0 Å². The van der Waals surface area contributed by atoms with Gasteiger partial charge in [0.25, 0.3) is 0 Å². The first-order chi connectivity index (χ1) is 9.43. The highest BCUT2D eigenvalue weighted by molar-refractivity contribution is 9.10. The number of nitrogen functional groups attached to an aromatic ring is 1. The molecule has 1 fully saturated rings. The van der Waals surface area contributed by atoms with Crippen LogP contribution in [0.1, 0.15) is 31.2 Å². The monoisotopic (exact) mass is 343 g/mol. The van der Waals surface area contributed by atoms with E-state index < -0.39 is 11.9 Å². The van der Waals surface area contributed by atoms with Crippen molar-refractivity contribution in [1.29, 1.82) is 5.41 Å². The summed E-state index contributed by atoms with van der Waals surface area (Å²) >= 11 is 3.15. The maximum atomic E-state index is 14.4. The number of nitrogens with two attached hydrogens (primary N) is 1. The first kappa shape index (κ1) is 15.3. The van der Waals surface area contributed by atoms with E-state index in [1.165, 1.54) is 0 Å². The molecule has 20 heavy (non-hydrogen) atoms. The molecule has 1 aromatic carbocycles. The van der Waals surface area contributed by atoms with Crippen molar-refractivity contribution in [2.45, 2.75) is 37.8 Å². The fourth-order valence-corrected chi connectivity index (χ4v) is 3.29. The summed E-state index contributed by atoms with van der Waals surface area (Å²) in [7, 11) is 1.79. The predicted molar refractivity (Wildman–Crippen MR) is 81.8 cm³/mol. The van der Waals surface area contributed by atoms with Crippen LogP contribution in [0.15, 0.2) is 16.6 Å². The lowest BCUT2D eigenvalue weighted by Gasteiger charge is -2.37. The van der Waals surface area contributed by atoms with Gasteiger partial charge in [0.1, 0.15) is 5.84 Å². The number of anilines is 1. The third kappa shape index (κ3) is 2.81. The zero-order valence-electron chi connectivity index (χ0n) is 11.4. The number of likely N-dealkylation sites (N-methyl/N-ethyl adjacent to an activating group) is 1. The molecule has 0 amide bonds. The van der Waals surface area contributed by atoms with Crippen LogP contribution in [-0.4, -0.2) is 30.1 Å². The van der Waals surface area contributed by atoms with E-state index in [0.717, 1.165) is 25.7 Å². The van der Waals surface area contributed by atoms with Crippen LogP contribution in [0.4, 0.5) is 10.1 Å². The van der Waals surface area contributed by atoms with Crippen LogP contribution in [0.25, 0.3) is 0 Å². The average molecular weight is 344 g/mol. The van der Waals surface area contributed by atoms with Crippen LogP contribution >= 0.6 is 15.9 Å². The lowest BCUT2D eigenvalue weighted by Crippen LogP contribution is -2.43. The molecular weight excluding hydrogens is 325 g/mol. The Kier molecular flexibility index (Phi) is 4.65. The molecule has 0 aliphatic heterocycles. The average Bonchev–Trinajstić information content (AvgIpc) is 2.41.